The predicted octanol–water partition coefficient (Wildman–Crippen LogP) is 5.72. The molecular weight excluding hydrogens is 392 g/mol. The van der Waals surface area contributed by atoms with E-state index < -0.39 is 6.04 Å². The molecule has 170 valence electrons. The van der Waals surface area contributed by atoms with Gasteiger partial charge >= 0.3 is 0 Å². The molecule has 0 aliphatic rings. The van der Waals surface area contributed by atoms with Crippen molar-refractivity contribution in [3.05, 3.63) is 47.6 Å². The monoisotopic (exact) mass is 434 g/mol. The lowest BCUT2D eigenvalue weighted by molar-refractivity contribution is -0.128. The normalized spacial score (nSPS) is 13.9. The van der Waals surface area contributed by atoms with Crippen molar-refractivity contribution in [2.75, 3.05) is 11.5 Å². The van der Waals surface area contributed by atoms with Gasteiger partial charge in [0.15, 0.2) is 0 Å². The Hall–Kier alpha value is -1.75. The van der Waals surface area contributed by atoms with Crippen LogP contribution >= 0.6 is 11.8 Å². The van der Waals surface area contributed by atoms with Crippen molar-refractivity contribution in [3.63, 3.8) is 0 Å². The number of carbonyl (C=O) groups is 2. The van der Waals surface area contributed by atoms with E-state index in [4.69, 9.17) is 0 Å². The molecule has 0 spiro atoms. The molecular formula is C25H42N2O2S. The lowest BCUT2D eigenvalue weighted by atomic mass is 10.1. The van der Waals surface area contributed by atoms with Gasteiger partial charge < -0.3 is 10.6 Å². The molecule has 4 nitrogen and oxygen atoms in total. The summed E-state index contributed by atoms with van der Waals surface area (Å²) in [4.78, 5) is 23.5. The van der Waals surface area contributed by atoms with Crippen LogP contribution in [-0.4, -0.2) is 35.4 Å². The van der Waals surface area contributed by atoms with Crippen LogP contribution in [-0.2, 0) is 9.59 Å². The minimum absolute atomic E-state index is 0.106. The lowest BCUT2D eigenvalue weighted by Crippen LogP contribution is -2.49. The Morgan fingerprint density at radius 1 is 0.933 bits per heavy atom. The van der Waals surface area contributed by atoms with Gasteiger partial charge in [0.05, 0.1) is 6.04 Å². The molecule has 0 aromatic rings. The van der Waals surface area contributed by atoms with Crippen LogP contribution in [0.2, 0.25) is 0 Å². The van der Waals surface area contributed by atoms with E-state index in [0.717, 1.165) is 37.2 Å². The summed E-state index contributed by atoms with van der Waals surface area (Å²) >= 11 is 1.77. The number of rotatable bonds is 15. The minimum atomic E-state index is -0.490. The molecule has 0 aromatic carbocycles. The smallest absolute Gasteiger partial charge is 0.243 e. The van der Waals surface area contributed by atoms with E-state index >= 15 is 0 Å². The zero-order valence-corrected chi connectivity index (χ0v) is 20.7. The van der Waals surface area contributed by atoms with E-state index in [-0.39, 0.29) is 17.9 Å². The van der Waals surface area contributed by atoms with Gasteiger partial charge in [-0.25, -0.2) is 0 Å². The van der Waals surface area contributed by atoms with Crippen molar-refractivity contribution >= 4 is 23.6 Å². The Bertz CT molecular complexity index is 631. The third-order valence-corrected chi connectivity index (χ3v) is 5.68. The molecule has 0 rings (SSSR count). The van der Waals surface area contributed by atoms with Crippen LogP contribution in [0, 0.1) is 0 Å². The summed E-state index contributed by atoms with van der Waals surface area (Å²) in [7, 11) is 0. The number of thioether (sulfide) groups is 1. The summed E-state index contributed by atoms with van der Waals surface area (Å²) in [6, 6.07) is -0.596. The van der Waals surface area contributed by atoms with E-state index in [9.17, 15) is 9.59 Å². The highest BCUT2D eigenvalue weighted by molar-refractivity contribution is 7.99. The fraction of sp³-hybridized carbons (Fsp3) is 0.600. The van der Waals surface area contributed by atoms with Crippen LogP contribution in [0.1, 0.15) is 73.6 Å². The molecule has 0 saturated carbocycles. The molecule has 0 fully saturated rings. The van der Waals surface area contributed by atoms with E-state index in [1.54, 1.807) is 17.8 Å². The third-order valence-electron chi connectivity index (χ3n) is 4.68. The highest BCUT2D eigenvalue weighted by atomic mass is 32.2. The standard InChI is InChI=1S/C25H42N2O2S/c1-8-23(27-25(29)24(9-2)26-22(7)28)18-30-17-16-21(6)15-11-14-20(5)13-10-12-19(3)4/h8,12,14,16,23-24H,1,9-11,13,15,17-18H2,2-7H3,(H,26,28)(H,27,29)/b20-14+,21-16+. The second-order valence-electron chi connectivity index (χ2n) is 8.01. The number of hydrogen-bond donors (Lipinski definition) is 2. The molecule has 2 atom stereocenters. The molecule has 0 heterocycles. The topological polar surface area (TPSA) is 58.2 Å². The first-order valence-corrected chi connectivity index (χ1v) is 12.1. The van der Waals surface area contributed by atoms with Gasteiger partial charge in [0.25, 0.3) is 0 Å². The lowest BCUT2D eigenvalue weighted by Gasteiger charge is -2.20. The first-order chi connectivity index (χ1) is 14.2. The molecule has 2 unspecified atom stereocenters. The number of hydrogen-bond acceptors (Lipinski definition) is 3. The average Bonchev–Trinajstić information content (AvgIpc) is 2.67. The molecule has 0 radical (unpaired) electrons. The van der Waals surface area contributed by atoms with Gasteiger partial charge in [-0.05, 0) is 59.8 Å². The van der Waals surface area contributed by atoms with Gasteiger partial charge in [0.1, 0.15) is 6.04 Å². The maximum absolute atomic E-state index is 12.3. The van der Waals surface area contributed by atoms with E-state index in [0.29, 0.717) is 6.42 Å². The van der Waals surface area contributed by atoms with Gasteiger partial charge in [0.2, 0.25) is 11.8 Å². The van der Waals surface area contributed by atoms with Crippen molar-refractivity contribution < 1.29 is 9.59 Å². The predicted molar refractivity (Wildman–Crippen MR) is 133 cm³/mol. The Morgan fingerprint density at radius 2 is 1.53 bits per heavy atom. The SMILES string of the molecule is C=CC(CSC/C=C(\C)CC/C=C(\C)CCC=C(C)C)NC(=O)C(CC)NC(C)=O. The van der Waals surface area contributed by atoms with Crippen LogP contribution in [0.15, 0.2) is 47.6 Å². The molecule has 5 heteroatoms. The second-order valence-corrected chi connectivity index (χ2v) is 9.08. The first-order valence-electron chi connectivity index (χ1n) is 10.9. The number of allylic oxidation sites excluding steroid dienone is 5. The van der Waals surface area contributed by atoms with Gasteiger partial charge in [-0.3, -0.25) is 9.59 Å². The van der Waals surface area contributed by atoms with Gasteiger partial charge in [-0.2, -0.15) is 11.8 Å². The molecule has 0 bridgehead atoms. The molecule has 2 N–H and O–H groups in total. The molecule has 0 aliphatic heterocycles. The Kier molecular flexibility index (Phi) is 16.0. The second kappa shape index (κ2) is 17.0. The average molecular weight is 435 g/mol. The largest absolute Gasteiger partial charge is 0.347 e. The highest BCUT2D eigenvalue weighted by Gasteiger charge is 2.19. The zero-order chi connectivity index (χ0) is 22.9. The molecule has 0 saturated heterocycles. The van der Waals surface area contributed by atoms with Gasteiger partial charge in [-0.1, -0.05) is 47.9 Å². The zero-order valence-electron chi connectivity index (χ0n) is 19.8. The molecule has 2 amide bonds. The third kappa shape index (κ3) is 15.1. The number of amides is 2. The van der Waals surface area contributed by atoms with Crippen molar-refractivity contribution in [2.45, 2.75) is 85.7 Å². The van der Waals surface area contributed by atoms with Crippen molar-refractivity contribution in [1.29, 1.82) is 0 Å². The summed E-state index contributed by atoms with van der Waals surface area (Å²) in [5.41, 5.74) is 4.24. The fourth-order valence-corrected chi connectivity index (χ4v) is 3.80. The Morgan fingerprint density at radius 3 is 2.07 bits per heavy atom. The summed E-state index contributed by atoms with van der Waals surface area (Å²) in [5.74, 6) is 1.33. The molecule has 30 heavy (non-hydrogen) atoms. The molecule has 0 aromatic heterocycles. The molecule has 0 aliphatic carbocycles. The highest BCUT2D eigenvalue weighted by Crippen LogP contribution is 2.13. The summed E-state index contributed by atoms with van der Waals surface area (Å²) in [6.07, 6.45) is 13.7. The van der Waals surface area contributed by atoms with Crippen molar-refractivity contribution in [3.8, 4) is 0 Å². The maximum atomic E-state index is 12.3. The minimum Gasteiger partial charge on any atom is -0.347 e. The Labute approximate surface area is 188 Å². The number of nitrogens with one attached hydrogen (secondary N) is 2. The fourth-order valence-electron chi connectivity index (χ4n) is 2.79. The number of carbonyl (C=O) groups excluding carboxylic acids is 2. The van der Waals surface area contributed by atoms with Gasteiger partial charge in [-0.15, -0.1) is 6.58 Å². The quantitative estimate of drug-likeness (QED) is 0.256. The van der Waals surface area contributed by atoms with Crippen LogP contribution in [0.25, 0.3) is 0 Å². The van der Waals surface area contributed by atoms with Crippen molar-refractivity contribution in [1.82, 2.24) is 10.6 Å². The van der Waals surface area contributed by atoms with Crippen LogP contribution in [0.3, 0.4) is 0 Å². The maximum Gasteiger partial charge on any atom is 0.243 e. The summed E-state index contributed by atoms with van der Waals surface area (Å²) < 4.78 is 0. The van der Waals surface area contributed by atoms with Gasteiger partial charge in [0, 0.05) is 18.4 Å². The summed E-state index contributed by atoms with van der Waals surface area (Å²) in [6.45, 7) is 15.8. The van der Waals surface area contributed by atoms with Crippen molar-refractivity contribution in [2.24, 2.45) is 0 Å². The van der Waals surface area contributed by atoms with Crippen LogP contribution < -0.4 is 10.6 Å². The van der Waals surface area contributed by atoms with Crippen LogP contribution in [0.5, 0.6) is 0 Å². The van der Waals surface area contributed by atoms with E-state index in [2.05, 4.69) is 63.1 Å². The van der Waals surface area contributed by atoms with E-state index in [1.807, 2.05) is 6.92 Å². The summed E-state index contributed by atoms with van der Waals surface area (Å²) in [5, 5.41) is 5.63. The van der Waals surface area contributed by atoms with Crippen LogP contribution in [0.4, 0.5) is 0 Å². The Balaban J connectivity index is 4.25. The first kappa shape index (κ1) is 28.2. The van der Waals surface area contributed by atoms with E-state index in [1.165, 1.54) is 23.6 Å².